The largest absolute Gasteiger partial charge is 0.417 e. The molecule has 0 saturated carbocycles. The summed E-state index contributed by atoms with van der Waals surface area (Å²) in [6, 6.07) is 4.62. The molecule has 0 atom stereocenters. The molecule has 0 unspecified atom stereocenters. The second kappa shape index (κ2) is 6.82. The average Bonchev–Trinajstić information content (AvgIpc) is 2.31. The van der Waals surface area contributed by atoms with E-state index in [-0.39, 0.29) is 4.90 Å². The van der Waals surface area contributed by atoms with Crippen LogP contribution in [0, 0.1) is 22.0 Å². The summed E-state index contributed by atoms with van der Waals surface area (Å²) in [6.07, 6.45) is -4.57. The van der Waals surface area contributed by atoms with Crippen molar-refractivity contribution in [1.82, 2.24) is 0 Å². The summed E-state index contributed by atoms with van der Waals surface area (Å²) in [4.78, 5) is 0.170. The molecule has 0 aromatic heterocycles. The van der Waals surface area contributed by atoms with Crippen molar-refractivity contribution in [1.29, 1.82) is 10.5 Å². The summed E-state index contributed by atoms with van der Waals surface area (Å²) in [5.41, 5.74) is -1.45. The van der Waals surface area contributed by atoms with Gasteiger partial charge in [0.05, 0.1) is 17.2 Å². The van der Waals surface area contributed by atoms with Crippen LogP contribution in [-0.4, -0.2) is 0 Å². The van der Waals surface area contributed by atoms with E-state index in [2.05, 4.69) is 0 Å². The summed E-state index contributed by atoms with van der Waals surface area (Å²) in [7, 11) is 0. The number of rotatable bonds is 1. The summed E-state index contributed by atoms with van der Waals surface area (Å²) in [5, 5.41) is 18.5. The molecule has 0 aliphatic heterocycles. The lowest BCUT2D eigenvalue weighted by atomic mass is 10.1. The van der Waals surface area contributed by atoms with Gasteiger partial charge in [-0.2, -0.15) is 23.7 Å². The molecule has 0 aliphatic rings. The van der Waals surface area contributed by atoms with Crippen LogP contribution in [0.5, 0.6) is 0 Å². The minimum Gasteiger partial charge on any atom is -0.192 e. The Morgan fingerprint density at radius 2 is 1.76 bits per heavy atom. The second-order valence-corrected chi connectivity index (χ2v) is 3.37. The predicted octanol–water partition coefficient (Wildman–Crippen LogP) is 4.18. The van der Waals surface area contributed by atoms with Crippen molar-refractivity contribution < 1.29 is 13.2 Å². The van der Waals surface area contributed by atoms with Crippen molar-refractivity contribution in [2.45, 2.75) is 24.9 Å². The molecule has 90 valence electrons. The van der Waals surface area contributed by atoms with Crippen LogP contribution < -0.4 is 0 Å². The SMILES string of the molecule is CC.N#CSc1ccc(C#N)c(C(F)(F)F)c1. The van der Waals surface area contributed by atoms with Crippen LogP contribution in [0.1, 0.15) is 25.0 Å². The number of nitrogens with zero attached hydrogens (tertiary/aromatic N) is 2. The van der Waals surface area contributed by atoms with Crippen molar-refractivity contribution in [3.8, 4) is 11.5 Å². The Morgan fingerprint density at radius 1 is 1.18 bits per heavy atom. The molecule has 6 heteroatoms. The molecular formula is C11H9F3N2S. The molecule has 17 heavy (non-hydrogen) atoms. The maximum absolute atomic E-state index is 12.4. The van der Waals surface area contributed by atoms with Crippen LogP contribution in [0.25, 0.3) is 0 Å². The van der Waals surface area contributed by atoms with Crippen molar-refractivity contribution in [2.75, 3.05) is 0 Å². The number of hydrogen-bond acceptors (Lipinski definition) is 3. The Hall–Kier alpha value is -1.66. The van der Waals surface area contributed by atoms with Crippen molar-refractivity contribution >= 4 is 11.8 Å². The molecule has 0 N–H and O–H groups in total. The molecule has 0 saturated heterocycles. The minimum absolute atomic E-state index is 0.170. The first-order valence-electron chi connectivity index (χ1n) is 4.66. The van der Waals surface area contributed by atoms with Gasteiger partial charge in [-0.1, -0.05) is 13.8 Å². The first-order chi connectivity index (χ1) is 7.99. The Kier molecular flexibility index (Phi) is 6.16. The first-order valence-corrected chi connectivity index (χ1v) is 5.48. The monoisotopic (exact) mass is 258 g/mol. The lowest BCUT2D eigenvalue weighted by Gasteiger charge is -2.08. The fourth-order valence-corrected chi connectivity index (χ4v) is 1.39. The number of thioether (sulfide) groups is 1. The lowest BCUT2D eigenvalue weighted by Crippen LogP contribution is -2.07. The van der Waals surface area contributed by atoms with Crippen LogP contribution >= 0.6 is 11.8 Å². The van der Waals surface area contributed by atoms with Crippen molar-refractivity contribution in [2.24, 2.45) is 0 Å². The number of halogens is 3. The van der Waals surface area contributed by atoms with E-state index in [4.69, 9.17) is 10.5 Å². The smallest absolute Gasteiger partial charge is 0.192 e. The highest BCUT2D eigenvalue weighted by atomic mass is 32.2. The van der Waals surface area contributed by atoms with Crippen LogP contribution in [0.4, 0.5) is 13.2 Å². The first kappa shape index (κ1) is 15.3. The highest BCUT2D eigenvalue weighted by Crippen LogP contribution is 2.34. The molecule has 0 spiro atoms. The number of thiocyanates is 1. The Morgan fingerprint density at radius 3 is 2.18 bits per heavy atom. The molecule has 0 fully saturated rings. The Labute approximate surface area is 102 Å². The topological polar surface area (TPSA) is 47.6 Å². The minimum atomic E-state index is -4.57. The van der Waals surface area contributed by atoms with Gasteiger partial charge in [-0.3, -0.25) is 0 Å². The van der Waals surface area contributed by atoms with Gasteiger partial charge in [0.15, 0.2) is 0 Å². The number of alkyl halides is 3. The van der Waals surface area contributed by atoms with Crippen LogP contribution in [0.15, 0.2) is 23.1 Å². The molecular weight excluding hydrogens is 249 g/mol. The van der Waals surface area contributed by atoms with E-state index in [9.17, 15) is 13.2 Å². The third-order valence-electron chi connectivity index (χ3n) is 1.58. The molecule has 0 amide bonds. The van der Waals surface area contributed by atoms with E-state index in [0.717, 1.165) is 12.1 Å². The number of nitriles is 2. The summed E-state index contributed by atoms with van der Waals surface area (Å²) in [5.74, 6) is 0. The Bertz CT molecular complexity index is 455. The number of hydrogen-bond donors (Lipinski definition) is 0. The normalized spacial score (nSPS) is 9.59. The van der Waals surface area contributed by atoms with Gasteiger partial charge in [0, 0.05) is 4.90 Å². The molecule has 0 radical (unpaired) electrons. The molecule has 2 nitrogen and oxygen atoms in total. The zero-order valence-electron chi connectivity index (χ0n) is 9.17. The zero-order chi connectivity index (χ0) is 13.5. The molecule has 0 aliphatic carbocycles. The van der Waals surface area contributed by atoms with E-state index < -0.39 is 17.3 Å². The van der Waals surface area contributed by atoms with Gasteiger partial charge >= 0.3 is 6.18 Å². The molecule has 1 rings (SSSR count). The van der Waals surface area contributed by atoms with Crippen molar-refractivity contribution in [3.05, 3.63) is 29.3 Å². The lowest BCUT2D eigenvalue weighted by molar-refractivity contribution is -0.137. The summed E-state index contributed by atoms with van der Waals surface area (Å²) < 4.78 is 37.2. The van der Waals surface area contributed by atoms with E-state index in [1.54, 1.807) is 5.40 Å². The maximum atomic E-state index is 12.4. The van der Waals surface area contributed by atoms with E-state index in [1.807, 2.05) is 13.8 Å². The van der Waals surface area contributed by atoms with Crippen molar-refractivity contribution in [3.63, 3.8) is 0 Å². The second-order valence-electron chi connectivity index (χ2n) is 2.51. The fourth-order valence-electron chi connectivity index (χ4n) is 0.972. The van der Waals surface area contributed by atoms with Gasteiger partial charge in [-0.15, -0.1) is 0 Å². The summed E-state index contributed by atoms with van der Waals surface area (Å²) in [6.45, 7) is 4.00. The van der Waals surface area contributed by atoms with Gasteiger partial charge in [0.2, 0.25) is 0 Å². The zero-order valence-corrected chi connectivity index (χ0v) is 9.99. The highest BCUT2D eigenvalue weighted by Gasteiger charge is 2.33. The van der Waals surface area contributed by atoms with E-state index in [1.165, 1.54) is 12.1 Å². The van der Waals surface area contributed by atoms with Gasteiger partial charge in [-0.25, -0.2) is 0 Å². The molecule has 0 heterocycles. The van der Waals surface area contributed by atoms with Gasteiger partial charge < -0.3 is 0 Å². The molecule has 1 aromatic rings. The quantitative estimate of drug-likeness (QED) is 0.561. The standard InChI is InChI=1S/C9H3F3N2S.C2H6/c10-9(11,12)8-3-7(15-5-14)2-1-6(8)4-13;1-2/h1-3H;1-2H3. The van der Waals surface area contributed by atoms with Gasteiger partial charge in [-0.05, 0) is 30.0 Å². The predicted molar refractivity (Wildman–Crippen MR) is 59.0 cm³/mol. The van der Waals surface area contributed by atoms with Crippen LogP contribution in [0.3, 0.4) is 0 Å². The summed E-state index contributed by atoms with van der Waals surface area (Å²) >= 11 is 0.621. The average molecular weight is 258 g/mol. The van der Waals surface area contributed by atoms with Crippen LogP contribution in [0.2, 0.25) is 0 Å². The maximum Gasteiger partial charge on any atom is 0.417 e. The molecule has 0 bridgehead atoms. The third-order valence-corrected chi connectivity index (χ3v) is 2.16. The van der Waals surface area contributed by atoms with Crippen LogP contribution in [-0.2, 0) is 6.18 Å². The Balaban J connectivity index is 0.00000121. The number of benzene rings is 1. The van der Waals surface area contributed by atoms with E-state index in [0.29, 0.717) is 11.8 Å². The van der Waals surface area contributed by atoms with Gasteiger partial charge in [0.25, 0.3) is 0 Å². The highest BCUT2D eigenvalue weighted by molar-refractivity contribution is 8.03. The fraction of sp³-hybridized carbons (Fsp3) is 0.273. The third kappa shape index (κ3) is 4.38. The van der Waals surface area contributed by atoms with E-state index >= 15 is 0 Å². The molecule has 1 aromatic carbocycles. The van der Waals surface area contributed by atoms with Gasteiger partial charge in [0.1, 0.15) is 5.40 Å².